The van der Waals surface area contributed by atoms with Crippen molar-refractivity contribution in [2.75, 3.05) is 14.1 Å². The predicted octanol–water partition coefficient (Wildman–Crippen LogP) is 2.09. The normalized spacial score (nSPS) is 10.6. The molecule has 0 saturated heterocycles. The molecule has 76 valence electrons. The van der Waals surface area contributed by atoms with Crippen LogP contribution in [-0.4, -0.2) is 24.8 Å². The summed E-state index contributed by atoms with van der Waals surface area (Å²) in [5.74, 6) is -0.459. The third-order valence-corrected chi connectivity index (χ3v) is 1.86. The molecule has 2 nitrogen and oxygen atoms in total. The van der Waals surface area contributed by atoms with E-state index in [4.69, 9.17) is 0 Å². The van der Waals surface area contributed by atoms with Crippen LogP contribution in [0, 0.1) is 5.82 Å². The molecule has 0 fully saturated rings. The number of hydrogen-bond acceptors (Lipinski definition) is 2. The first-order chi connectivity index (χ1) is 6.49. The largest absolute Gasteiger partial charge is 0.305 e. The summed E-state index contributed by atoms with van der Waals surface area (Å²) in [7, 11) is 3.80. The molecule has 0 N–H and O–H groups in total. The minimum atomic E-state index is -0.352. The second-order valence-corrected chi connectivity index (χ2v) is 3.64. The zero-order valence-corrected chi connectivity index (χ0v) is 8.67. The number of ketones is 1. The number of benzene rings is 1. The van der Waals surface area contributed by atoms with Crippen molar-refractivity contribution in [3.8, 4) is 0 Å². The van der Waals surface area contributed by atoms with Gasteiger partial charge < -0.3 is 4.90 Å². The van der Waals surface area contributed by atoms with Gasteiger partial charge in [0.2, 0.25) is 0 Å². The average Bonchev–Trinajstić information content (AvgIpc) is 2.01. The van der Waals surface area contributed by atoms with Gasteiger partial charge in [-0.05, 0) is 44.8 Å². The lowest BCUT2D eigenvalue weighted by atomic mass is 10.1. The van der Waals surface area contributed by atoms with Crippen molar-refractivity contribution >= 4 is 5.78 Å². The maximum Gasteiger partial charge on any atom is 0.159 e. The Morgan fingerprint density at radius 1 is 1.36 bits per heavy atom. The van der Waals surface area contributed by atoms with Crippen LogP contribution < -0.4 is 0 Å². The lowest BCUT2D eigenvalue weighted by Gasteiger charge is -2.10. The number of halogens is 1. The van der Waals surface area contributed by atoms with Crippen molar-refractivity contribution in [3.05, 3.63) is 35.1 Å². The Labute approximate surface area is 83.3 Å². The van der Waals surface area contributed by atoms with Crippen LogP contribution in [0.25, 0.3) is 0 Å². The summed E-state index contributed by atoms with van der Waals surface area (Å²) in [5.41, 5.74) is 1.25. The van der Waals surface area contributed by atoms with Gasteiger partial charge in [0.05, 0.1) is 0 Å². The van der Waals surface area contributed by atoms with E-state index in [-0.39, 0.29) is 11.6 Å². The highest BCUT2D eigenvalue weighted by molar-refractivity contribution is 5.94. The standard InChI is InChI=1S/C11H14FNO/c1-8(14)10-4-9(7-13(2)3)5-11(12)6-10/h4-6H,7H2,1-3H3. The quantitative estimate of drug-likeness (QED) is 0.688. The Bertz CT molecular complexity index is 347. The van der Waals surface area contributed by atoms with Crippen molar-refractivity contribution in [2.45, 2.75) is 13.5 Å². The van der Waals surface area contributed by atoms with Gasteiger partial charge in [-0.1, -0.05) is 0 Å². The second-order valence-electron chi connectivity index (χ2n) is 3.64. The Morgan fingerprint density at radius 3 is 2.50 bits per heavy atom. The van der Waals surface area contributed by atoms with Crippen LogP contribution in [0.3, 0.4) is 0 Å². The fourth-order valence-corrected chi connectivity index (χ4v) is 1.31. The molecule has 1 rings (SSSR count). The van der Waals surface area contributed by atoms with Crippen molar-refractivity contribution in [1.29, 1.82) is 0 Å². The minimum Gasteiger partial charge on any atom is -0.305 e. The average molecular weight is 195 g/mol. The van der Waals surface area contributed by atoms with Crippen molar-refractivity contribution in [3.63, 3.8) is 0 Å². The van der Waals surface area contributed by atoms with Crippen molar-refractivity contribution in [1.82, 2.24) is 4.90 Å². The Morgan fingerprint density at radius 2 is 2.00 bits per heavy atom. The number of rotatable bonds is 3. The Balaban J connectivity index is 3.01. The highest BCUT2D eigenvalue weighted by atomic mass is 19.1. The predicted molar refractivity (Wildman–Crippen MR) is 53.8 cm³/mol. The summed E-state index contributed by atoms with van der Waals surface area (Å²) < 4.78 is 13.1. The summed E-state index contributed by atoms with van der Waals surface area (Å²) in [6, 6.07) is 4.44. The highest BCUT2D eigenvalue weighted by Gasteiger charge is 2.05. The van der Waals surface area contributed by atoms with Gasteiger partial charge in [0.25, 0.3) is 0 Å². The van der Waals surface area contributed by atoms with Gasteiger partial charge in [0.1, 0.15) is 5.82 Å². The van der Waals surface area contributed by atoms with Gasteiger partial charge in [0, 0.05) is 12.1 Å². The van der Waals surface area contributed by atoms with Crippen LogP contribution in [0.2, 0.25) is 0 Å². The van der Waals surface area contributed by atoms with Crippen LogP contribution in [0.5, 0.6) is 0 Å². The summed E-state index contributed by atoms with van der Waals surface area (Å²) in [6.07, 6.45) is 0. The molecule has 0 heterocycles. The SMILES string of the molecule is CC(=O)c1cc(F)cc(CN(C)C)c1. The third-order valence-electron chi connectivity index (χ3n) is 1.86. The number of Topliss-reactive ketones (excluding diaryl/α,β-unsaturated/α-hetero) is 1. The van der Waals surface area contributed by atoms with E-state index >= 15 is 0 Å². The number of nitrogens with zero attached hydrogens (tertiary/aromatic N) is 1. The highest BCUT2D eigenvalue weighted by Crippen LogP contribution is 2.11. The van der Waals surface area contributed by atoms with Gasteiger partial charge in [-0.15, -0.1) is 0 Å². The van der Waals surface area contributed by atoms with Crippen LogP contribution in [0.15, 0.2) is 18.2 Å². The van der Waals surface area contributed by atoms with E-state index in [0.29, 0.717) is 12.1 Å². The van der Waals surface area contributed by atoms with E-state index in [1.807, 2.05) is 19.0 Å². The molecular weight excluding hydrogens is 181 g/mol. The molecule has 0 aliphatic rings. The number of hydrogen-bond donors (Lipinski definition) is 0. The summed E-state index contributed by atoms with van der Waals surface area (Å²) in [6.45, 7) is 2.08. The topological polar surface area (TPSA) is 20.3 Å². The van der Waals surface area contributed by atoms with Crippen LogP contribution in [0.1, 0.15) is 22.8 Å². The lowest BCUT2D eigenvalue weighted by Crippen LogP contribution is -2.11. The van der Waals surface area contributed by atoms with Crippen LogP contribution in [0.4, 0.5) is 4.39 Å². The summed E-state index contributed by atoms with van der Waals surface area (Å²) in [4.78, 5) is 13.0. The van der Waals surface area contributed by atoms with E-state index < -0.39 is 0 Å². The zero-order valence-electron chi connectivity index (χ0n) is 8.67. The first-order valence-corrected chi connectivity index (χ1v) is 4.44. The molecule has 0 unspecified atom stereocenters. The molecule has 0 saturated carbocycles. The fraction of sp³-hybridized carbons (Fsp3) is 0.364. The maximum atomic E-state index is 13.1. The van der Waals surface area contributed by atoms with Crippen LogP contribution >= 0.6 is 0 Å². The molecule has 0 aliphatic heterocycles. The molecule has 1 aromatic rings. The van der Waals surface area contributed by atoms with Crippen molar-refractivity contribution < 1.29 is 9.18 Å². The zero-order chi connectivity index (χ0) is 10.7. The minimum absolute atomic E-state index is 0.107. The van der Waals surface area contributed by atoms with Crippen molar-refractivity contribution in [2.24, 2.45) is 0 Å². The van der Waals surface area contributed by atoms with E-state index in [2.05, 4.69) is 0 Å². The number of carbonyl (C=O) groups excluding carboxylic acids is 1. The molecule has 0 atom stereocenters. The Kier molecular flexibility index (Phi) is 3.36. The molecule has 0 aliphatic carbocycles. The summed E-state index contributed by atoms with van der Waals surface area (Å²) in [5, 5.41) is 0. The third kappa shape index (κ3) is 2.92. The molecular formula is C11H14FNO. The molecule has 0 amide bonds. The van der Waals surface area contributed by atoms with E-state index in [1.54, 1.807) is 6.07 Å². The Hall–Kier alpha value is -1.22. The van der Waals surface area contributed by atoms with E-state index in [9.17, 15) is 9.18 Å². The molecule has 14 heavy (non-hydrogen) atoms. The molecule has 0 spiro atoms. The lowest BCUT2D eigenvalue weighted by molar-refractivity contribution is 0.101. The maximum absolute atomic E-state index is 13.1. The van der Waals surface area contributed by atoms with Crippen LogP contribution in [-0.2, 0) is 6.54 Å². The first kappa shape index (κ1) is 10.9. The first-order valence-electron chi connectivity index (χ1n) is 4.44. The summed E-state index contributed by atoms with van der Waals surface area (Å²) >= 11 is 0. The van der Waals surface area contributed by atoms with Gasteiger partial charge in [-0.2, -0.15) is 0 Å². The fourth-order valence-electron chi connectivity index (χ4n) is 1.31. The van der Waals surface area contributed by atoms with E-state index in [1.165, 1.54) is 19.1 Å². The van der Waals surface area contributed by atoms with Gasteiger partial charge in [-0.3, -0.25) is 4.79 Å². The molecule has 0 radical (unpaired) electrons. The second kappa shape index (κ2) is 4.33. The van der Waals surface area contributed by atoms with E-state index in [0.717, 1.165) is 5.56 Å². The molecule has 1 aromatic carbocycles. The van der Waals surface area contributed by atoms with Gasteiger partial charge in [0.15, 0.2) is 5.78 Å². The molecule has 3 heteroatoms. The van der Waals surface area contributed by atoms with Gasteiger partial charge >= 0.3 is 0 Å². The smallest absolute Gasteiger partial charge is 0.159 e. The number of carbonyl (C=O) groups is 1. The van der Waals surface area contributed by atoms with Gasteiger partial charge in [-0.25, -0.2) is 4.39 Å². The molecule has 0 aromatic heterocycles. The molecule has 0 bridgehead atoms. The monoisotopic (exact) mass is 195 g/mol.